The summed E-state index contributed by atoms with van der Waals surface area (Å²) in [6.07, 6.45) is -1.02. The van der Waals surface area contributed by atoms with E-state index in [2.05, 4.69) is 0 Å². The minimum atomic E-state index is -0.829. The molecule has 4 heteroatoms. The van der Waals surface area contributed by atoms with E-state index < -0.39 is 11.7 Å². The summed E-state index contributed by atoms with van der Waals surface area (Å²) < 4.78 is 10.6. The number of ether oxygens (including phenoxy) is 2. The first-order chi connectivity index (χ1) is 5.19. The van der Waals surface area contributed by atoms with Crippen LogP contribution in [0.25, 0.3) is 0 Å². The maximum atomic E-state index is 9.54. The van der Waals surface area contributed by atoms with Crippen LogP contribution in [0.2, 0.25) is 0 Å². The molecule has 2 unspecified atom stereocenters. The Balaban J connectivity index is 2.24. The number of rotatable bonds is 1. The van der Waals surface area contributed by atoms with E-state index in [0.29, 0.717) is 6.61 Å². The van der Waals surface area contributed by atoms with Crippen LogP contribution in [0.4, 0.5) is 0 Å². The maximum absolute atomic E-state index is 9.54. The molecule has 2 N–H and O–H groups in total. The second kappa shape index (κ2) is 2.17. The van der Waals surface area contributed by atoms with E-state index in [4.69, 9.17) is 14.6 Å². The van der Waals surface area contributed by atoms with Crippen LogP contribution >= 0.6 is 0 Å². The minimum absolute atomic E-state index is 0.106. The van der Waals surface area contributed by atoms with Gasteiger partial charge in [-0.25, -0.2) is 0 Å². The van der Waals surface area contributed by atoms with E-state index in [-0.39, 0.29) is 18.8 Å². The topological polar surface area (TPSA) is 58.9 Å². The second-order valence-electron chi connectivity index (χ2n) is 3.27. The molecule has 0 saturated carbocycles. The summed E-state index contributed by atoms with van der Waals surface area (Å²) in [6, 6.07) is 0. The number of hydrogen-bond donors (Lipinski definition) is 2. The van der Waals surface area contributed by atoms with Gasteiger partial charge in [0.25, 0.3) is 0 Å². The average Bonchev–Trinajstić information content (AvgIpc) is 2.42. The van der Waals surface area contributed by atoms with Crippen molar-refractivity contribution in [2.75, 3.05) is 13.2 Å². The summed E-state index contributed by atoms with van der Waals surface area (Å²) in [5.74, 6) is 0. The molecule has 2 saturated heterocycles. The molecule has 0 aromatic rings. The van der Waals surface area contributed by atoms with Crippen molar-refractivity contribution in [1.82, 2.24) is 0 Å². The fourth-order valence-corrected chi connectivity index (χ4v) is 1.82. The first kappa shape index (κ1) is 7.49. The molecule has 2 fully saturated rings. The number of aliphatic hydroxyl groups excluding tert-OH is 2. The molecule has 2 bridgehead atoms. The van der Waals surface area contributed by atoms with Crippen molar-refractivity contribution < 1.29 is 19.7 Å². The third kappa shape index (κ3) is 0.780. The van der Waals surface area contributed by atoms with E-state index in [1.807, 2.05) is 6.92 Å². The minimum Gasteiger partial charge on any atom is -0.393 e. The molecule has 0 aliphatic carbocycles. The van der Waals surface area contributed by atoms with E-state index in [0.717, 1.165) is 0 Å². The molecular formula is C7H12O4. The van der Waals surface area contributed by atoms with Gasteiger partial charge >= 0.3 is 0 Å². The molecular weight excluding hydrogens is 148 g/mol. The van der Waals surface area contributed by atoms with Gasteiger partial charge in [0.15, 0.2) is 0 Å². The Bertz CT molecular complexity index is 172. The standard InChI is InChI=1S/C7H12O4/c1-4-5-6(9)7(2-8,11-4)3-10-5/h4-6,8-9H,2-3H2,1H3/t4?,5-,6?,7+/m1/s1. The lowest BCUT2D eigenvalue weighted by molar-refractivity contribution is -0.155. The molecule has 2 aliphatic heterocycles. The zero-order valence-corrected chi connectivity index (χ0v) is 6.36. The van der Waals surface area contributed by atoms with Gasteiger partial charge in [0.05, 0.1) is 19.3 Å². The van der Waals surface area contributed by atoms with Gasteiger partial charge in [-0.05, 0) is 6.92 Å². The number of hydrogen-bond acceptors (Lipinski definition) is 4. The predicted octanol–water partition coefficient (Wildman–Crippen LogP) is -1.10. The Labute approximate surface area is 64.7 Å². The summed E-state index contributed by atoms with van der Waals surface area (Å²) in [5, 5.41) is 18.5. The zero-order chi connectivity index (χ0) is 8.06. The summed E-state index contributed by atoms with van der Waals surface area (Å²) in [6.45, 7) is 1.97. The molecule has 2 aliphatic rings. The Morgan fingerprint density at radius 2 is 2.36 bits per heavy atom. The van der Waals surface area contributed by atoms with E-state index in [1.165, 1.54) is 0 Å². The zero-order valence-electron chi connectivity index (χ0n) is 6.36. The van der Waals surface area contributed by atoms with Crippen LogP contribution in [-0.2, 0) is 9.47 Å². The highest BCUT2D eigenvalue weighted by Crippen LogP contribution is 2.39. The van der Waals surface area contributed by atoms with Crippen LogP contribution in [-0.4, -0.2) is 47.3 Å². The lowest BCUT2D eigenvalue weighted by Gasteiger charge is -2.26. The summed E-state index contributed by atoms with van der Waals surface area (Å²) in [7, 11) is 0. The summed E-state index contributed by atoms with van der Waals surface area (Å²) in [5.41, 5.74) is -0.829. The molecule has 0 aromatic heterocycles. The van der Waals surface area contributed by atoms with Crippen molar-refractivity contribution in [3.05, 3.63) is 0 Å². The summed E-state index contributed by atoms with van der Waals surface area (Å²) in [4.78, 5) is 0. The van der Waals surface area contributed by atoms with Crippen LogP contribution in [0.3, 0.4) is 0 Å². The Morgan fingerprint density at radius 3 is 2.64 bits per heavy atom. The van der Waals surface area contributed by atoms with Crippen molar-refractivity contribution in [1.29, 1.82) is 0 Å². The molecule has 2 heterocycles. The van der Waals surface area contributed by atoms with E-state index >= 15 is 0 Å². The summed E-state index contributed by atoms with van der Waals surface area (Å²) >= 11 is 0. The number of aliphatic hydroxyl groups is 2. The Kier molecular flexibility index (Phi) is 1.47. The highest BCUT2D eigenvalue weighted by atomic mass is 16.6. The van der Waals surface area contributed by atoms with Crippen LogP contribution < -0.4 is 0 Å². The normalized spacial score (nSPS) is 55.4. The van der Waals surface area contributed by atoms with Gasteiger partial charge < -0.3 is 19.7 Å². The molecule has 4 atom stereocenters. The molecule has 2 rings (SSSR count). The van der Waals surface area contributed by atoms with Crippen LogP contribution in [0, 0.1) is 0 Å². The fourth-order valence-electron chi connectivity index (χ4n) is 1.82. The molecule has 0 radical (unpaired) electrons. The maximum Gasteiger partial charge on any atom is 0.143 e. The molecule has 0 amide bonds. The highest BCUT2D eigenvalue weighted by molar-refractivity contribution is 5.06. The first-order valence-corrected chi connectivity index (χ1v) is 3.78. The third-order valence-corrected chi connectivity index (χ3v) is 2.52. The van der Waals surface area contributed by atoms with Crippen LogP contribution in [0.15, 0.2) is 0 Å². The van der Waals surface area contributed by atoms with Crippen molar-refractivity contribution >= 4 is 0 Å². The van der Waals surface area contributed by atoms with Gasteiger partial charge in [-0.3, -0.25) is 0 Å². The molecule has 0 aromatic carbocycles. The lowest BCUT2D eigenvalue weighted by Crippen LogP contribution is -2.44. The lowest BCUT2D eigenvalue weighted by atomic mass is 10.0. The van der Waals surface area contributed by atoms with Gasteiger partial charge in [-0.1, -0.05) is 0 Å². The SMILES string of the molecule is CC1O[C@@]2(CO)CO[C@H]1C2O. The fraction of sp³-hybridized carbons (Fsp3) is 1.00. The van der Waals surface area contributed by atoms with Gasteiger partial charge in [-0.2, -0.15) is 0 Å². The van der Waals surface area contributed by atoms with Crippen molar-refractivity contribution in [2.45, 2.75) is 30.8 Å². The Morgan fingerprint density at radius 1 is 1.64 bits per heavy atom. The Hall–Kier alpha value is -0.160. The average molecular weight is 160 g/mol. The van der Waals surface area contributed by atoms with Gasteiger partial charge in [-0.15, -0.1) is 0 Å². The third-order valence-electron chi connectivity index (χ3n) is 2.52. The van der Waals surface area contributed by atoms with Crippen molar-refractivity contribution in [3.8, 4) is 0 Å². The smallest absolute Gasteiger partial charge is 0.143 e. The van der Waals surface area contributed by atoms with Crippen LogP contribution in [0.5, 0.6) is 0 Å². The highest BCUT2D eigenvalue weighted by Gasteiger charge is 2.59. The van der Waals surface area contributed by atoms with Crippen molar-refractivity contribution in [3.63, 3.8) is 0 Å². The van der Waals surface area contributed by atoms with Gasteiger partial charge in [0.1, 0.15) is 17.8 Å². The molecule has 4 nitrogen and oxygen atoms in total. The molecule has 11 heavy (non-hydrogen) atoms. The second-order valence-corrected chi connectivity index (χ2v) is 3.27. The monoisotopic (exact) mass is 160 g/mol. The quantitative estimate of drug-likeness (QED) is 0.511. The predicted molar refractivity (Wildman–Crippen MR) is 36.1 cm³/mol. The van der Waals surface area contributed by atoms with Crippen molar-refractivity contribution in [2.24, 2.45) is 0 Å². The molecule has 64 valence electrons. The van der Waals surface area contributed by atoms with E-state index in [1.54, 1.807) is 0 Å². The van der Waals surface area contributed by atoms with Gasteiger partial charge in [0, 0.05) is 0 Å². The first-order valence-electron chi connectivity index (χ1n) is 3.78. The molecule has 0 spiro atoms. The number of fused-ring (bicyclic) bond motifs is 2. The van der Waals surface area contributed by atoms with Crippen LogP contribution in [0.1, 0.15) is 6.92 Å². The van der Waals surface area contributed by atoms with E-state index in [9.17, 15) is 5.11 Å². The van der Waals surface area contributed by atoms with Gasteiger partial charge in [0.2, 0.25) is 0 Å². The largest absolute Gasteiger partial charge is 0.393 e.